The molecule has 0 radical (unpaired) electrons. The molecule has 0 aliphatic carbocycles. The number of rotatable bonds is 4. The highest BCUT2D eigenvalue weighted by Gasteiger charge is 2.23. The number of amides is 1. The number of pyridine rings is 1. The molecule has 4 nitrogen and oxygen atoms in total. The summed E-state index contributed by atoms with van der Waals surface area (Å²) in [6, 6.07) is 12.7. The molecule has 0 saturated heterocycles. The number of fused-ring (bicyclic) bond motifs is 1. The topological polar surface area (TPSA) is 46.1 Å². The van der Waals surface area contributed by atoms with Crippen LogP contribution in [0.5, 0.6) is 0 Å². The molecule has 0 spiro atoms. The van der Waals surface area contributed by atoms with Crippen LogP contribution in [0.4, 0.5) is 5.13 Å². The Bertz CT molecular complexity index is 1150. The highest BCUT2D eigenvalue weighted by Crippen LogP contribution is 2.34. The largest absolute Gasteiger partial charge is 0.279 e. The van der Waals surface area contributed by atoms with Crippen LogP contribution >= 0.6 is 34.5 Å². The smallest absolute Gasteiger partial charge is 0.260 e. The summed E-state index contributed by atoms with van der Waals surface area (Å²) in [5.41, 5.74) is 4.44. The van der Waals surface area contributed by atoms with Gasteiger partial charge in [-0.25, -0.2) is 4.98 Å². The fourth-order valence-corrected chi connectivity index (χ4v) is 4.73. The van der Waals surface area contributed by atoms with Gasteiger partial charge in [-0.15, -0.1) is 0 Å². The fraction of sp³-hybridized carbons (Fsp3) is 0.136. The third-order valence-electron chi connectivity index (χ3n) is 4.58. The van der Waals surface area contributed by atoms with E-state index in [1.54, 1.807) is 35.5 Å². The first-order chi connectivity index (χ1) is 13.9. The van der Waals surface area contributed by atoms with Crippen molar-refractivity contribution in [2.75, 3.05) is 4.90 Å². The van der Waals surface area contributed by atoms with Gasteiger partial charge in [-0.2, -0.15) is 0 Å². The number of halogens is 2. The Morgan fingerprint density at radius 1 is 1.07 bits per heavy atom. The van der Waals surface area contributed by atoms with E-state index in [9.17, 15) is 4.79 Å². The minimum atomic E-state index is -0.215. The van der Waals surface area contributed by atoms with E-state index < -0.39 is 0 Å². The first kappa shape index (κ1) is 19.8. The lowest BCUT2D eigenvalue weighted by Crippen LogP contribution is -2.30. The number of hydrogen-bond donors (Lipinski definition) is 0. The van der Waals surface area contributed by atoms with Crippen LogP contribution in [0.15, 0.2) is 54.9 Å². The van der Waals surface area contributed by atoms with E-state index >= 15 is 0 Å². The van der Waals surface area contributed by atoms with E-state index in [-0.39, 0.29) is 5.91 Å². The van der Waals surface area contributed by atoms with Gasteiger partial charge in [-0.3, -0.25) is 14.7 Å². The lowest BCUT2D eigenvalue weighted by Gasteiger charge is -2.20. The third kappa shape index (κ3) is 4.13. The van der Waals surface area contributed by atoms with E-state index in [0.29, 0.717) is 27.3 Å². The predicted molar refractivity (Wildman–Crippen MR) is 120 cm³/mol. The van der Waals surface area contributed by atoms with E-state index in [1.807, 2.05) is 32.0 Å². The highest BCUT2D eigenvalue weighted by molar-refractivity contribution is 7.22. The number of carbonyl (C=O) groups is 1. The second-order valence-corrected chi connectivity index (χ2v) is 8.63. The normalized spacial score (nSPS) is 11.0. The van der Waals surface area contributed by atoms with Crippen molar-refractivity contribution in [2.45, 2.75) is 20.4 Å². The van der Waals surface area contributed by atoms with E-state index in [2.05, 4.69) is 11.1 Å². The van der Waals surface area contributed by atoms with Crippen molar-refractivity contribution in [3.63, 3.8) is 0 Å². The second kappa shape index (κ2) is 8.11. The van der Waals surface area contributed by atoms with Crippen molar-refractivity contribution in [1.82, 2.24) is 9.97 Å². The molecule has 0 saturated carbocycles. The molecule has 4 aromatic rings. The standard InChI is InChI=1S/C22H17Cl2N3OS/c1-13-5-6-14(2)20-19(13)26-22(29-20)27(12-15-4-3-7-25-11-15)21(28)16-8-17(23)10-18(24)9-16/h3-11H,12H2,1-2H3. The average Bonchev–Trinajstić information content (AvgIpc) is 3.15. The molecular formula is C22H17Cl2N3OS. The van der Waals surface area contributed by atoms with Gasteiger partial charge in [0.2, 0.25) is 0 Å². The van der Waals surface area contributed by atoms with Gasteiger partial charge in [0, 0.05) is 28.0 Å². The van der Waals surface area contributed by atoms with Crippen LogP contribution in [0.1, 0.15) is 27.0 Å². The number of anilines is 1. The first-order valence-electron chi connectivity index (χ1n) is 8.96. The molecule has 7 heteroatoms. The Hall–Kier alpha value is -2.47. The van der Waals surface area contributed by atoms with Crippen LogP contribution in [-0.4, -0.2) is 15.9 Å². The predicted octanol–water partition coefficient (Wildman–Crippen LogP) is 6.46. The lowest BCUT2D eigenvalue weighted by molar-refractivity contribution is 0.0985. The van der Waals surface area contributed by atoms with Gasteiger partial charge in [-0.1, -0.05) is 52.7 Å². The molecule has 2 aromatic carbocycles. The molecular weight excluding hydrogens is 425 g/mol. The molecule has 2 heterocycles. The summed E-state index contributed by atoms with van der Waals surface area (Å²) in [4.78, 5) is 24.1. The summed E-state index contributed by atoms with van der Waals surface area (Å²) in [5.74, 6) is -0.215. The van der Waals surface area contributed by atoms with E-state index in [4.69, 9.17) is 28.2 Å². The van der Waals surface area contributed by atoms with Crippen molar-refractivity contribution in [1.29, 1.82) is 0 Å². The summed E-state index contributed by atoms with van der Waals surface area (Å²) < 4.78 is 1.08. The monoisotopic (exact) mass is 441 g/mol. The molecule has 0 aliphatic rings. The van der Waals surface area contributed by atoms with Gasteiger partial charge in [0.25, 0.3) is 5.91 Å². The molecule has 4 rings (SSSR count). The molecule has 0 unspecified atom stereocenters. The summed E-state index contributed by atoms with van der Waals surface area (Å²) in [5, 5.41) is 1.46. The first-order valence-corrected chi connectivity index (χ1v) is 10.5. The number of carbonyl (C=O) groups excluding carboxylic acids is 1. The number of nitrogens with zero attached hydrogens (tertiary/aromatic N) is 3. The number of aryl methyl sites for hydroxylation is 2. The van der Waals surface area contributed by atoms with Gasteiger partial charge >= 0.3 is 0 Å². The summed E-state index contributed by atoms with van der Waals surface area (Å²) >= 11 is 13.8. The average molecular weight is 442 g/mol. The van der Waals surface area contributed by atoms with E-state index in [1.165, 1.54) is 11.3 Å². The Kier molecular flexibility index (Phi) is 5.54. The minimum Gasteiger partial charge on any atom is -0.279 e. The third-order valence-corrected chi connectivity index (χ3v) is 6.23. The molecule has 146 valence electrons. The van der Waals surface area contributed by atoms with Crippen LogP contribution in [0.25, 0.3) is 10.2 Å². The maximum atomic E-state index is 13.5. The molecule has 29 heavy (non-hydrogen) atoms. The van der Waals surface area contributed by atoms with Gasteiger partial charge in [-0.05, 0) is 54.8 Å². The van der Waals surface area contributed by atoms with Gasteiger partial charge in [0.05, 0.1) is 16.8 Å². The van der Waals surface area contributed by atoms with Crippen molar-refractivity contribution >= 4 is 55.8 Å². The second-order valence-electron chi connectivity index (χ2n) is 6.78. The molecule has 0 fully saturated rings. The van der Waals surface area contributed by atoms with Crippen molar-refractivity contribution in [3.05, 3.63) is 87.2 Å². The Morgan fingerprint density at radius 2 is 1.79 bits per heavy atom. The number of thiazole rings is 1. The zero-order valence-corrected chi connectivity index (χ0v) is 18.1. The SMILES string of the molecule is Cc1ccc(C)c2sc(N(Cc3cccnc3)C(=O)c3cc(Cl)cc(Cl)c3)nc12. The van der Waals surface area contributed by atoms with E-state index in [0.717, 1.165) is 26.9 Å². The Balaban J connectivity index is 1.83. The molecule has 1 amide bonds. The highest BCUT2D eigenvalue weighted by atomic mass is 35.5. The van der Waals surface area contributed by atoms with Crippen LogP contribution in [-0.2, 0) is 6.54 Å². The summed E-state index contributed by atoms with van der Waals surface area (Å²) in [6.45, 7) is 4.41. The van der Waals surface area contributed by atoms with Gasteiger partial charge in [0.1, 0.15) is 0 Å². The molecule has 0 atom stereocenters. The van der Waals surface area contributed by atoms with Crippen molar-refractivity contribution in [2.24, 2.45) is 0 Å². The molecule has 0 N–H and O–H groups in total. The number of benzene rings is 2. The lowest BCUT2D eigenvalue weighted by atomic mass is 10.1. The van der Waals surface area contributed by atoms with Crippen molar-refractivity contribution < 1.29 is 4.79 Å². The van der Waals surface area contributed by atoms with Gasteiger partial charge < -0.3 is 0 Å². The molecule has 0 bridgehead atoms. The zero-order valence-electron chi connectivity index (χ0n) is 15.8. The van der Waals surface area contributed by atoms with Crippen LogP contribution in [0, 0.1) is 13.8 Å². The summed E-state index contributed by atoms with van der Waals surface area (Å²) in [6.07, 6.45) is 3.45. The zero-order chi connectivity index (χ0) is 20.5. The van der Waals surface area contributed by atoms with Crippen LogP contribution in [0.2, 0.25) is 10.0 Å². The molecule has 2 aromatic heterocycles. The molecule has 0 aliphatic heterocycles. The fourth-order valence-electron chi connectivity index (χ4n) is 3.10. The summed E-state index contributed by atoms with van der Waals surface area (Å²) in [7, 11) is 0. The van der Waals surface area contributed by atoms with Gasteiger partial charge in [0.15, 0.2) is 5.13 Å². The number of aromatic nitrogens is 2. The minimum absolute atomic E-state index is 0.215. The Morgan fingerprint density at radius 3 is 2.45 bits per heavy atom. The maximum Gasteiger partial charge on any atom is 0.260 e. The van der Waals surface area contributed by atoms with Crippen LogP contribution in [0.3, 0.4) is 0 Å². The Labute approximate surface area is 182 Å². The van der Waals surface area contributed by atoms with Crippen molar-refractivity contribution in [3.8, 4) is 0 Å². The number of hydrogen-bond acceptors (Lipinski definition) is 4. The van der Waals surface area contributed by atoms with Crippen LogP contribution < -0.4 is 4.90 Å². The quantitative estimate of drug-likeness (QED) is 0.364. The maximum absolute atomic E-state index is 13.5.